The van der Waals surface area contributed by atoms with Crippen LogP contribution >= 0.6 is 0 Å². The number of benzene rings is 3. The Hall–Kier alpha value is -3.27. The van der Waals surface area contributed by atoms with Crippen LogP contribution in [-0.2, 0) is 11.2 Å². The molecule has 0 atom stereocenters. The number of hydrogen-bond acceptors (Lipinski definition) is 2. The minimum absolute atomic E-state index is 0.380. The molecule has 3 aromatic carbocycles. The summed E-state index contributed by atoms with van der Waals surface area (Å²) in [5, 5.41) is 6.50. The predicted octanol–water partition coefficient (Wildman–Crippen LogP) is 6.06. The molecule has 2 N–H and O–H groups in total. The van der Waals surface area contributed by atoms with Crippen molar-refractivity contribution < 1.29 is 9.53 Å². The second kappa shape index (κ2) is 7.63. The Labute approximate surface area is 170 Å². The van der Waals surface area contributed by atoms with Crippen molar-refractivity contribution in [3.05, 3.63) is 72.4 Å². The molecule has 0 bridgehead atoms. The van der Waals surface area contributed by atoms with E-state index in [0.29, 0.717) is 6.54 Å². The van der Waals surface area contributed by atoms with Gasteiger partial charge in [-0.15, -0.1) is 0 Å². The molecule has 0 aliphatic rings. The van der Waals surface area contributed by atoms with Gasteiger partial charge in [-0.1, -0.05) is 42.5 Å². The molecule has 0 fully saturated rings. The third kappa shape index (κ3) is 4.43. The SMILES string of the molecule is CC(C)(C)OC(=O)NCCc1c[nH]c2ccc(-c3ccc4ccccc4c3)cc12. The summed E-state index contributed by atoms with van der Waals surface area (Å²) in [5.41, 5.74) is 4.17. The number of aromatic amines is 1. The molecule has 1 heterocycles. The van der Waals surface area contributed by atoms with Crippen molar-refractivity contribution in [1.29, 1.82) is 0 Å². The van der Waals surface area contributed by atoms with Gasteiger partial charge in [0.2, 0.25) is 0 Å². The number of carbonyl (C=O) groups is 1. The van der Waals surface area contributed by atoms with Crippen LogP contribution in [0.15, 0.2) is 66.9 Å². The normalized spacial score (nSPS) is 11.7. The second-order valence-corrected chi connectivity index (χ2v) is 8.31. The standard InChI is InChI=1S/C25H26N2O2/c1-25(2,3)29-24(28)26-13-12-21-16-27-23-11-10-20(15-22(21)23)19-9-8-17-6-4-5-7-18(17)14-19/h4-11,14-16,27H,12-13H2,1-3H3,(H,26,28). The van der Waals surface area contributed by atoms with Crippen molar-refractivity contribution in [1.82, 2.24) is 10.3 Å². The molecule has 0 aliphatic carbocycles. The van der Waals surface area contributed by atoms with Crippen LogP contribution in [-0.4, -0.2) is 23.2 Å². The first-order chi connectivity index (χ1) is 13.9. The highest BCUT2D eigenvalue weighted by Crippen LogP contribution is 2.29. The Balaban J connectivity index is 1.53. The van der Waals surface area contributed by atoms with Crippen LogP contribution in [0.4, 0.5) is 4.79 Å². The van der Waals surface area contributed by atoms with E-state index in [1.165, 1.54) is 32.8 Å². The van der Waals surface area contributed by atoms with Gasteiger partial charge in [-0.25, -0.2) is 4.79 Å². The van der Waals surface area contributed by atoms with E-state index >= 15 is 0 Å². The van der Waals surface area contributed by atoms with E-state index in [1.54, 1.807) is 0 Å². The number of aromatic nitrogens is 1. The van der Waals surface area contributed by atoms with E-state index in [0.717, 1.165) is 11.9 Å². The van der Waals surface area contributed by atoms with Crippen molar-refractivity contribution in [3.63, 3.8) is 0 Å². The average molecular weight is 386 g/mol. The number of H-pyrrole nitrogens is 1. The van der Waals surface area contributed by atoms with Gasteiger partial charge in [-0.2, -0.15) is 0 Å². The van der Waals surface area contributed by atoms with E-state index in [1.807, 2.05) is 27.0 Å². The van der Waals surface area contributed by atoms with Crippen LogP contribution in [0.25, 0.3) is 32.8 Å². The Morgan fingerprint density at radius 1 is 0.966 bits per heavy atom. The first-order valence-electron chi connectivity index (χ1n) is 9.95. The van der Waals surface area contributed by atoms with Crippen LogP contribution in [0.3, 0.4) is 0 Å². The summed E-state index contributed by atoms with van der Waals surface area (Å²) in [5.74, 6) is 0. The fourth-order valence-electron chi connectivity index (χ4n) is 3.55. The molecule has 0 spiro atoms. The molecule has 1 aromatic heterocycles. The van der Waals surface area contributed by atoms with E-state index in [2.05, 4.69) is 71.0 Å². The summed E-state index contributed by atoms with van der Waals surface area (Å²) in [4.78, 5) is 15.2. The van der Waals surface area contributed by atoms with Gasteiger partial charge in [-0.3, -0.25) is 0 Å². The summed E-state index contributed by atoms with van der Waals surface area (Å²) in [7, 11) is 0. The van der Waals surface area contributed by atoms with Crippen LogP contribution in [0.1, 0.15) is 26.3 Å². The number of nitrogens with one attached hydrogen (secondary N) is 2. The van der Waals surface area contributed by atoms with Crippen molar-refractivity contribution >= 4 is 27.8 Å². The molecule has 4 nitrogen and oxygen atoms in total. The van der Waals surface area contributed by atoms with Gasteiger partial charge >= 0.3 is 6.09 Å². The molecule has 0 saturated heterocycles. The van der Waals surface area contributed by atoms with E-state index < -0.39 is 5.60 Å². The van der Waals surface area contributed by atoms with Gasteiger partial charge in [0.25, 0.3) is 0 Å². The zero-order valence-corrected chi connectivity index (χ0v) is 17.1. The maximum atomic E-state index is 11.9. The molecule has 0 radical (unpaired) electrons. The maximum Gasteiger partial charge on any atom is 0.407 e. The third-order valence-corrected chi connectivity index (χ3v) is 4.91. The summed E-state index contributed by atoms with van der Waals surface area (Å²) in [6.07, 6.45) is 2.38. The first-order valence-corrected chi connectivity index (χ1v) is 9.95. The first kappa shape index (κ1) is 19.1. The molecule has 4 rings (SSSR count). The molecular formula is C25H26N2O2. The van der Waals surface area contributed by atoms with Crippen LogP contribution in [0.5, 0.6) is 0 Å². The minimum atomic E-state index is -0.486. The maximum absolute atomic E-state index is 11.9. The molecule has 29 heavy (non-hydrogen) atoms. The number of alkyl carbamates (subject to hydrolysis) is 1. The summed E-state index contributed by atoms with van der Waals surface area (Å²) < 4.78 is 5.30. The Morgan fingerprint density at radius 2 is 1.69 bits per heavy atom. The minimum Gasteiger partial charge on any atom is -0.444 e. The number of fused-ring (bicyclic) bond motifs is 2. The van der Waals surface area contributed by atoms with Gasteiger partial charge in [0.1, 0.15) is 5.60 Å². The van der Waals surface area contributed by atoms with Crippen molar-refractivity contribution in [3.8, 4) is 11.1 Å². The highest BCUT2D eigenvalue weighted by molar-refractivity contribution is 5.91. The van der Waals surface area contributed by atoms with E-state index in [9.17, 15) is 4.79 Å². The fraction of sp³-hybridized carbons (Fsp3) is 0.240. The predicted molar refractivity (Wildman–Crippen MR) is 119 cm³/mol. The lowest BCUT2D eigenvalue weighted by Gasteiger charge is -2.19. The van der Waals surface area contributed by atoms with Gasteiger partial charge in [0, 0.05) is 23.6 Å². The zero-order valence-electron chi connectivity index (χ0n) is 17.1. The third-order valence-electron chi connectivity index (χ3n) is 4.91. The lowest BCUT2D eigenvalue weighted by atomic mass is 9.99. The van der Waals surface area contributed by atoms with Crippen molar-refractivity contribution in [2.75, 3.05) is 6.54 Å². The number of amides is 1. The molecule has 4 heteroatoms. The average Bonchev–Trinajstić information content (AvgIpc) is 3.08. The number of ether oxygens (including phenoxy) is 1. The Bertz CT molecular complexity index is 1170. The van der Waals surface area contributed by atoms with Gasteiger partial charge in [0.05, 0.1) is 0 Å². The number of rotatable bonds is 4. The summed E-state index contributed by atoms with van der Waals surface area (Å²) in [6.45, 7) is 6.11. The second-order valence-electron chi connectivity index (χ2n) is 8.31. The highest BCUT2D eigenvalue weighted by Gasteiger charge is 2.15. The van der Waals surface area contributed by atoms with Crippen molar-refractivity contribution in [2.45, 2.75) is 32.8 Å². The quantitative estimate of drug-likeness (QED) is 0.448. The van der Waals surface area contributed by atoms with Crippen LogP contribution in [0.2, 0.25) is 0 Å². The van der Waals surface area contributed by atoms with Crippen LogP contribution < -0.4 is 5.32 Å². The van der Waals surface area contributed by atoms with E-state index in [-0.39, 0.29) is 6.09 Å². The lowest BCUT2D eigenvalue weighted by molar-refractivity contribution is 0.0528. The monoisotopic (exact) mass is 386 g/mol. The fourth-order valence-corrected chi connectivity index (χ4v) is 3.55. The number of hydrogen-bond donors (Lipinski definition) is 2. The van der Waals surface area contributed by atoms with Crippen molar-refractivity contribution in [2.24, 2.45) is 0 Å². The molecule has 0 saturated carbocycles. The van der Waals surface area contributed by atoms with Gasteiger partial charge in [-0.05, 0) is 72.9 Å². The summed E-state index contributed by atoms with van der Waals surface area (Å²) >= 11 is 0. The zero-order chi connectivity index (χ0) is 20.4. The molecule has 148 valence electrons. The van der Waals surface area contributed by atoms with Gasteiger partial charge in [0.15, 0.2) is 0 Å². The smallest absolute Gasteiger partial charge is 0.407 e. The molecule has 0 unspecified atom stereocenters. The number of carbonyl (C=O) groups excluding carboxylic acids is 1. The Kier molecular flexibility index (Phi) is 5.01. The molecule has 1 amide bonds. The summed E-state index contributed by atoms with van der Waals surface area (Å²) in [6, 6.07) is 21.4. The molecule has 0 aliphatic heterocycles. The Morgan fingerprint density at radius 3 is 2.48 bits per heavy atom. The van der Waals surface area contributed by atoms with Crippen LogP contribution in [0, 0.1) is 0 Å². The van der Waals surface area contributed by atoms with Gasteiger partial charge < -0.3 is 15.0 Å². The largest absolute Gasteiger partial charge is 0.444 e. The van der Waals surface area contributed by atoms with E-state index in [4.69, 9.17) is 4.74 Å². The highest BCUT2D eigenvalue weighted by atomic mass is 16.6. The molecular weight excluding hydrogens is 360 g/mol. The topological polar surface area (TPSA) is 54.1 Å². The lowest BCUT2D eigenvalue weighted by Crippen LogP contribution is -2.33. The molecule has 4 aromatic rings.